The molecule has 0 bridgehead atoms. The van der Waals surface area contributed by atoms with Gasteiger partial charge >= 0.3 is 0 Å². The van der Waals surface area contributed by atoms with Crippen LogP contribution in [0, 0.1) is 0 Å². The third-order valence-corrected chi connectivity index (χ3v) is 2.49. The summed E-state index contributed by atoms with van der Waals surface area (Å²) in [5, 5.41) is 5.73. The zero-order chi connectivity index (χ0) is 15.2. The molecule has 1 aromatic heterocycles. The normalized spacial score (nSPS) is 10.0. The Balaban J connectivity index is 2.27. The summed E-state index contributed by atoms with van der Waals surface area (Å²) in [6, 6.07) is 8.72. The van der Waals surface area contributed by atoms with Crippen molar-refractivity contribution in [1.82, 2.24) is 9.97 Å². The SMILES string of the molecule is CCNc1cc(Oc2ccccc2NC(C)=O)nc(N)n1. The lowest BCUT2D eigenvalue weighted by Crippen LogP contribution is -2.07. The van der Waals surface area contributed by atoms with E-state index < -0.39 is 0 Å². The van der Waals surface area contributed by atoms with Crippen LogP contribution in [0.1, 0.15) is 13.8 Å². The molecular formula is C14H17N5O2. The fourth-order valence-corrected chi connectivity index (χ4v) is 1.73. The molecule has 0 spiro atoms. The summed E-state index contributed by atoms with van der Waals surface area (Å²) in [5.41, 5.74) is 6.21. The van der Waals surface area contributed by atoms with E-state index in [9.17, 15) is 4.79 Å². The van der Waals surface area contributed by atoms with E-state index in [1.165, 1.54) is 6.92 Å². The molecule has 0 radical (unpaired) electrons. The van der Waals surface area contributed by atoms with Crippen LogP contribution in [0.25, 0.3) is 0 Å². The van der Waals surface area contributed by atoms with Crippen molar-refractivity contribution in [2.24, 2.45) is 0 Å². The van der Waals surface area contributed by atoms with Crippen molar-refractivity contribution in [2.45, 2.75) is 13.8 Å². The third kappa shape index (κ3) is 4.07. The quantitative estimate of drug-likeness (QED) is 0.779. The molecule has 1 amide bonds. The number of carbonyl (C=O) groups excluding carboxylic acids is 1. The van der Waals surface area contributed by atoms with Crippen LogP contribution in [0.4, 0.5) is 17.5 Å². The first kappa shape index (κ1) is 14.6. The number of nitrogens with zero attached hydrogens (tertiary/aromatic N) is 2. The van der Waals surface area contributed by atoms with E-state index >= 15 is 0 Å². The Kier molecular flexibility index (Phi) is 4.55. The van der Waals surface area contributed by atoms with Crippen molar-refractivity contribution >= 4 is 23.4 Å². The number of benzene rings is 1. The molecule has 1 heterocycles. The molecule has 7 heteroatoms. The number of hydrogen-bond donors (Lipinski definition) is 3. The molecule has 110 valence electrons. The first-order valence-electron chi connectivity index (χ1n) is 6.51. The Hall–Kier alpha value is -2.83. The summed E-state index contributed by atoms with van der Waals surface area (Å²) in [6.07, 6.45) is 0. The van der Waals surface area contributed by atoms with E-state index in [0.717, 1.165) is 0 Å². The molecule has 2 aromatic rings. The number of rotatable bonds is 5. The summed E-state index contributed by atoms with van der Waals surface area (Å²) >= 11 is 0. The summed E-state index contributed by atoms with van der Waals surface area (Å²) in [5.74, 6) is 1.29. The average molecular weight is 287 g/mol. The zero-order valence-corrected chi connectivity index (χ0v) is 11.9. The lowest BCUT2D eigenvalue weighted by molar-refractivity contribution is -0.114. The Labute approximate surface area is 122 Å². The van der Waals surface area contributed by atoms with E-state index in [-0.39, 0.29) is 11.9 Å². The minimum atomic E-state index is -0.179. The standard InChI is InChI=1S/C14H17N5O2/c1-3-16-12-8-13(19-14(15)18-12)21-11-7-5-4-6-10(11)17-9(2)20/h4-8H,3H2,1-2H3,(H,17,20)(H3,15,16,18,19). The van der Waals surface area contributed by atoms with Crippen LogP contribution < -0.4 is 21.1 Å². The van der Waals surface area contributed by atoms with Gasteiger partial charge < -0.3 is 21.1 Å². The number of carbonyl (C=O) groups is 1. The van der Waals surface area contributed by atoms with Gasteiger partial charge in [0.15, 0.2) is 5.75 Å². The lowest BCUT2D eigenvalue weighted by Gasteiger charge is -2.11. The van der Waals surface area contributed by atoms with E-state index in [1.807, 2.05) is 6.92 Å². The smallest absolute Gasteiger partial charge is 0.226 e. The first-order valence-corrected chi connectivity index (χ1v) is 6.51. The van der Waals surface area contributed by atoms with Crippen LogP contribution in [0.15, 0.2) is 30.3 Å². The van der Waals surface area contributed by atoms with Crippen LogP contribution >= 0.6 is 0 Å². The fourth-order valence-electron chi connectivity index (χ4n) is 1.73. The molecule has 7 nitrogen and oxygen atoms in total. The molecule has 0 aliphatic carbocycles. The maximum absolute atomic E-state index is 11.2. The number of nitrogens with two attached hydrogens (primary N) is 1. The van der Waals surface area contributed by atoms with Crippen LogP contribution in [0.5, 0.6) is 11.6 Å². The highest BCUT2D eigenvalue weighted by atomic mass is 16.5. The van der Waals surface area contributed by atoms with Crippen LogP contribution in [-0.4, -0.2) is 22.4 Å². The molecule has 0 saturated heterocycles. The number of ether oxygens (including phenoxy) is 1. The molecule has 0 aliphatic heterocycles. The van der Waals surface area contributed by atoms with E-state index in [1.54, 1.807) is 30.3 Å². The fraction of sp³-hybridized carbons (Fsp3) is 0.214. The van der Waals surface area contributed by atoms with Crippen LogP contribution in [0.3, 0.4) is 0 Å². The largest absolute Gasteiger partial charge is 0.437 e. The molecule has 1 aromatic carbocycles. The van der Waals surface area contributed by atoms with Gasteiger partial charge in [0.05, 0.1) is 5.69 Å². The molecule has 0 fully saturated rings. The highest BCUT2D eigenvalue weighted by Crippen LogP contribution is 2.29. The van der Waals surface area contributed by atoms with Gasteiger partial charge in [-0.3, -0.25) is 4.79 Å². The summed E-state index contributed by atoms with van der Waals surface area (Å²) in [7, 11) is 0. The Morgan fingerprint density at radius 1 is 1.33 bits per heavy atom. The van der Waals surface area contributed by atoms with Crippen molar-refractivity contribution in [3.8, 4) is 11.6 Å². The van der Waals surface area contributed by atoms with Gasteiger partial charge in [-0.05, 0) is 19.1 Å². The molecule has 0 aliphatic rings. The Morgan fingerprint density at radius 3 is 2.81 bits per heavy atom. The van der Waals surface area contributed by atoms with Gasteiger partial charge in [-0.2, -0.15) is 9.97 Å². The highest BCUT2D eigenvalue weighted by Gasteiger charge is 2.08. The minimum Gasteiger partial charge on any atom is -0.437 e. The van der Waals surface area contributed by atoms with Gasteiger partial charge in [-0.25, -0.2) is 0 Å². The maximum atomic E-state index is 11.2. The Bertz CT molecular complexity index is 645. The second-order valence-electron chi connectivity index (χ2n) is 4.26. The number of nitrogen functional groups attached to an aromatic ring is 1. The minimum absolute atomic E-state index is 0.112. The monoisotopic (exact) mass is 287 g/mol. The lowest BCUT2D eigenvalue weighted by atomic mass is 10.3. The van der Waals surface area contributed by atoms with Crippen molar-refractivity contribution in [1.29, 1.82) is 0 Å². The van der Waals surface area contributed by atoms with Crippen molar-refractivity contribution < 1.29 is 9.53 Å². The second-order valence-corrected chi connectivity index (χ2v) is 4.26. The first-order chi connectivity index (χ1) is 10.1. The molecular weight excluding hydrogens is 270 g/mol. The molecule has 21 heavy (non-hydrogen) atoms. The number of hydrogen-bond acceptors (Lipinski definition) is 6. The molecule has 4 N–H and O–H groups in total. The number of aromatic nitrogens is 2. The molecule has 2 rings (SSSR count). The van der Waals surface area contributed by atoms with Crippen LogP contribution in [0.2, 0.25) is 0 Å². The van der Waals surface area contributed by atoms with Gasteiger partial charge in [0.25, 0.3) is 0 Å². The summed E-state index contributed by atoms with van der Waals surface area (Å²) in [6.45, 7) is 4.09. The van der Waals surface area contributed by atoms with E-state index in [4.69, 9.17) is 10.5 Å². The molecule has 0 atom stereocenters. The van der Waals surface area contributed by atoms with Crippen molar-refractivity contribution in [3.05, 3.63) is 30.3 Å². The summed E-state index contributed by atoms with van der Waals surface area (Å²) in [4.78, 5) is 19.3. The number of anilines is 3. The predicted molar refractivity (Wildman–Crippen MR) is 81.4 cm³/mol. The highest BCUT2D eigenvalue weighted by molar-refractivity contribution is 5.90. The van der Waals surface area contributed by atoms with Gasteiger partial charge in [0.2, 0.25) is 17.7 Å². The average Bonchev–Trinajstić information content (AvgIpc) is 2.40. The van der Waals surface area contributed by atoms with Crippen molar-refractivity contribution in [3.63, 3.8) is 0 Å². The zero-order valence-electron chi connectivity index (χ0n) is 11.9. The maximum Gasteiger partial charge on any atom is 0.226 e. The molecule has 0 unspecified atom stereocenters. The molecule has 0 saturated carbocycles. The van der Waals surface area contributed by atoms with Gasteiger partial charge in [-0.1, -0.05) is 12.1 Å². The number of amides is 1. The Morgan fingerprint density at radius 2 is 2.10 bits per heavy atom. The second kappa shape index (κ2) is 6.56. The third-order valence-electron chi connectivity index (χ3n) is 2.49. The number of nitrogens with one attached hydrogen (secondary N) is 2. The summed E-state index contributed by atoms with van der Waals surface area (Å²) < 4.78 is 5.69. The topological polar surface area (TPSA) is 102 Å². The van der Waals surface area contributed by atoms with E-state index in [2.05, 4.69) is 20.6 Å². The van der Waals surface area contributed by atoms with Crippen LogP contribution in [-0.2, 0) is 4.79 Å². The van der Waals surface area contributed by atoms with Crippen molar-refractivity contribution in [2.75, 3.05) is 22.9 Å². The van der Waals surface area contributed by atoms with Gasteiger partial charge in [0.1, 0.15) is 5.82 Å². The van der Waals surface area contributed by atoms with E-state index in [0.29, 0.717) is 29.7 Å². The predicted octanol–water partition coefficient (Wildman–Crippen LogP) is 2.24. The number of para-hydroxylation sites is 2. The van der Waals surface area contributed by atoms with Gasteiger partial charge in [-0.15, -0.1) is 0 Å². The van der Waals surface area contributed by atoms with Gasteiger partial charge in [0, 0.05) is 19.5 Å².